The molecule has 5 nitrogen and oxygen atoms in total. The molecule has 0 spiro atoms. The highest BCUT2D eigenvalue weighted by Crippen LogP contribution is 2.29. The lowest BCUT2D eigenvalue weighted by Gasteiger charge is -2.24. The minimum atomic E-state index is -0.750. The summed E-state index contributed by atoms with van der Waals surface area (Å²) in [4.78, 5) is 0. The van der Waals surface area contributed by atoms with Crippen LogP contribution in [0.2, 0.25) is 0 Å². The standard InChI is InChI=1S/C15H20N2O3S2/c1-9(13(19)8-21-15-17-16-10(2)22-15)14(20)12-5-3-11(7-18)4-6-12/h3-6,9,13-14,18-20H,7-8H2,1-2H3. The van der Waals surface area contributed by atoms with Gasteiger partial charge in [-0.05, 0) is 18.1 Å². The lowest BCUT2D eigenvalue weighted by Crippen LogP contribution is -2.26. The SMILES string of the molecule is Cc1nnc(SCC(O)C(C)C(O)c2ccc(CO)cc2)s1. The Hall–Kier alpha value is -0.990. The van der Waals surface area contributed by atoms with Crippen LogP contribution in [0.3, 0.4) is 0 Å². The highest BCUT2D eigenvalue weighted by atomic mass is 32.2. The van der Waals surface area contributed by atoms with Crippen LogP contribution < -0.4 is 0 Å². The predicted molar refractivity (Wildman–Crippen MR) is 87.9 cm³/mol. The van der Waals surface area contributed by atoms with E-state index in [1.807, 2.05) is 13.8 Å². The third kappa shape index (κ3) is 4.50. The number of benzene rings is 1. The van der Waals surface area contributed by atoms with Gasteiger partial charge in [0.1, 0.15) is 5.01 Å². The van der Waals surface area contributed by atoms with E-state index in [0.29, 0.717) is 5.75 Å². The molecule has 1 aromatic carbocycles. The van der Waals surface area contributed by atoms with Gasteiger partial charge in [-0.3, -0.25) is 0 Å². The van der Waals surface area contributed by atoms with Gasteiger partial charge in [-0.15, -0.1) is 10.2 Å². The van der Waals surface area contributed by atoms with Gasteiger partial charge in [-0.25, -0.2) is 0 Å². The molecule has 0 fully saturated rings. The van der Waals surface area contributed by atoms with Gasteiger partial charge < -0.3 is 15.3 Å². The van der Waals surface area contributed by atoms with Gasteiger partial charge in [-0.2, -0.15) is 0 Å². The predicted octanol–water partition coefficient (Wildman–Crippen LogP) is 2.16. The highest BCUT2D eigenvalue weighted by Gasteiger charge is 2.24. The summed E-state index contributed by atoms with van der Waals surface area (Å²) in [6.07, 6.45) is -1.40. The Bertz CT molecular complexity index is 589. The van der Waals surface area contributed by atoms with Crippen LogP contribution in [-0.2, 0) is 6.61 Å². The maximum Gasteiger partial charge on any atom is 0.174 e. The van der Waals surface area contributed by atoms with Gasteiger partial charge in [0.15, 0.2) is 4.34 Å². The molecule has 0 saturated heterocycles. The number of aliphatic hydroxyl groups is 3. The second-order valence-electron chi connectivity index (χ2n) is 5.17. The number of nitrogens with zero attached hydrogens (tertiary/aromatic N) is 2. The minimum absolute atomic E-state index is 0.0214. The van der Waals surface area contributed by atoms with Crippen molar-refractivity contribution in [1.29, 1.82) is 0 Å². The number of rotatable bonds is 7. The summed E-state index contributed by atoms with van der Waals surface area (Å²) < 4.78 is 0.825. The van der Waals surface area contributed by atoms with Gasteiger partial charge in [0, 0.05) is 11.7 Å². The molecule has 0 aliphatic rings. The largest absolute Gasteiger partial charge is 0.392 e. The molecule has 3 unspecified atom stereocenters. The van der Waals surface area contributed by atoms with E-state index in [4.69, 9.17) is 5.11 Å². The van der Waals surface area contributed by atoms with Crippen molar-refractivity contribution < 1.29 is 15.3 Å². The number of aromatic nitrogens is 2. The van der Waals surface area contributed by atoms with E-state index in [1.54, 1.807) is 24.3 Å². The number of hydrogen-bond acceptors (Lipinski definition) is 7. The molecule has 0 saturated carbocycles. The van der Waals surface area contributed by atoms with Crippen molar-refractivity contribution in [1.82, 2.24) is 10.2 Å². The van der Waals surface area contributed by atoms with Crippen molar-refractivity contribution >= 4 is 23.1 Å². The fraction of sp³-hybridized carbons (Fsp3) is 0.467. The maximum atomic E-state index is 10.4. The van der Waals surface area contributed by atoms with Crippen LogP contribution in [-0.4, -0.2) is 37.4 Å². The van der Waals surface area contributed by atoms with E-state index in [-0.39, 0.29) is 12.5 Å². The molecular weight excluding hydrogens is 320 g/mol. The second kappa shape index (κ2) is 8.03. The first-order valence-electron chi connectivity index (χ1n) is 7.00. The molecule has 0 aliphatic carbocycles. The van der Waals surface area contributed by atoms with Crippen LogP contribution in [0.15, 0.2) is 28.6 Å². The smallest absolute Gasteiger partial charge is 0.174 e. The molecule has 0 radical (unpaired) electrons. The van der Waals surface area contributed by atoms with Crippen LogP contribution in [0, 0.1) is 12.8 Å². The van der Waals surface area contributed by atoms with E-state index >= 15 is 0 Å². The molecule has 1 aromatic heterocycles. The van der Waals surface area contributed by atoms with Crippen molar-refractivity contribution in [2.45, 2.75) is 37.0 Å². The van der Waals surface area contributed by atoms with Crippen LogP contribution in [0.5, 0.6) is 0 Å². The molecule has 2 aromatic rings. The first-order chi connectivity index (χ1) is 10.5. The summed E-state index contributed by atoms with van der Waals surface area (Å²) in [6, 6.07) is 7.11. The zero-order chi connectivity index (χ0) is 16.1. The molecule has 3 N–H and O–H groups in total. The quantitative estimate of drug-likeness (QED) is 0.670. The molecule has 120 valence electrons. The topological polar surface area (TPSA) is 86.5 Å². The molecule has 0 aliphatic heterocycles. The van der Waals surface area contributed by atoms with Crippen molar-refractivity contribution in [3.05, 3.63) is 40.4 Å². The Labute approximate surface area is 138 Å². The maximum absolute atomic E-state index is 10.4. The van der Waals surface area contributed by atoms with E-state index in [1.165, 1.54) is 23.1 Å². The van der Waals surface area contributed by atoms with E-state index in [2.05, 4.69) is 10.2 Å². The average molecular weight is 340 g/mol. The number of aryl methyl sites for hydroxylation is 1. The lowest BCUT2D eigenvalue weighted by molar-refractivity contribution is 0.0330. The summed E-state index contributed by atoms with van der Waals surface area (Å²) >= 11 is 2.94. The fourth-order valence-corrected chi connectivity index (χ4v) is 3.91. The van der Waals surface area contributed by atoms with Gasteiger partial charge in [0.05, 0.1) is 18.8 Å². The Morgan fingerprint density at radius 1 is 1.18 bits per heavy atom. The van der Waals surface area contributed by atoms with Crippen LogP contribution in [0.25, 0.3) is 0 Å². The van der Waals surface area contributed by atoms with Crippen molar-refractivity contribution in [2.24, 2.45) is 5.92 Å². The lowest BCUT2D eigenvalue weighted by atomic mass is 9.93. The molecule has 0 bridgehead atoms. The summed E-state index contributed by atoms with van der Waals surface area (Å²) in [5, 5.41) is 38.5. The van der Waals surface area contributed by atoms with Crippen molar-refractivity contribution in [2.75, 3.05) is 5.75 Å². The van der Waals surface area contributed by atoms with Crippen LogP contribution in [0.4, 0.5) is 0 Å². The summed E-state index contributed by atoms with van der Waals surface area (Å²) in [6.45, 7) is 3.69. The molecule has 3 atom stereocenters. The zero-order valence-electron chi connectivity index (χ0n) is 12.5. The highest BCUT2D eigenvalue weighted by molar-refractivity contribution is 8.01. The number of aliphatic hydroxyl groups excluding tert-OH is 3. The zero-order valence-corrected chi connectivity index (χ0v) is 14.1. The molecule has 2 rings (SSSR count). The Morgan fingerprint density at radius 3 is 2.41 bits per heavy atom. The number of thioether (sulfide) groups is 1. The first-order valence-corrected chi connectivity index (χ1v) is 8.80. The van der Waals surface area contributed by atoms with E-state index in [0.717, 1.165) is 20.5 Å². The Morgan fingerprint density at radius 2 is 1.86 bits per heavy atom. The molecule has 22 heavy (non-hydrogen) atoms. The van der Waals surface area contributed by atoms with Crippen LogP contribution >= 0.6 is 23.1 Å². The van der Waals surface area contributed by atoms with Gasteiger partial charge in [-0.1, -0.05) is 54.3 Å². The summed E-state index contributed by atoms with van der Waals surface area (Å²) in [5.74, 6) is 0.156. The fourth-order valence-electron chi connectivity index (χ4n) is 1.98. The van der Waals surface area contributed by atoms with Crippen molar-refractivity contribution in [3.63, 3.8) is 0 Å². The van der Waals surface area contributed by atoms with E-state index in [9.17, 15) is 10.2 Å². The van der Waals surface area contributed by atoms with Gasteiger partial charge in [0.25, 0.3) is 0 Å². The van der Waals surface area contributed by atoms with Crippen molar-refractivity contribution in [3.8, 4) is 0 Å². The molecule has 1 heterocycles. The van der Waals surface area contributed by atoms with Gasteiger partial charge in [0.2, 0.25) is 0 Å². The van der Waals surface area contributed by atoms with E-state index < -0.39 is 12.2 Å². The molecule has 0 amide bonds. The Balaban J connectivity index is 1.91. The van der Waals surface area contributed by atoms with Gasteiger partial charge >= 0.3 is 0 Å². The first kappa shape index (κ1) is 17.4. The van der Waals surface area contributed by atoms with Crippen LogP contribution in [0.1, 0.15) is 29.2 Å². The Kier molecular flexibility index (Phi) is 6.34. The second-order valence-corrected chi connectivity index (χ2v) is 7.62. The minimum Gasteiger partial charge on any atom is -0.392 e. The number of hydrogen-bond donors (Lipinski definition) is 3. The third-order valence-corrected chi connectivity index (χ3v) is 5.57. The average Bonchev–Trinajstić information content (AvgIpc) is 2.96. The summed E-state index contributed by atoms with van der Waals surface area (Å²) in [7, 11) is 0. The molecular formula is C15H20N2O3S2. The molecule has 7 heteroatoms. The monoisotopic (exact) mass is 340 g/mol. The third-order valence-electron chi connectivity index (χ3n) is 3.49. The summed E-state index contributed by atoms with van der Waals surface area (Å²) in [5.41, 5.74) is 1.53. The normalized spacial score (nSPS) is 15.5.